The molecule has 0 fully saturated rings. The maximum Gasteiger partial charge on any atom is 0.349 e. The van der Waals surface area contributed by atoms with Crippen LogP contribution in [0.25, 0.3) is 0 Å². The lowest BCUT2D eigenvalue weighted by Gasteiger charge is -2.09. The molecule has 2 aromatic rings. The Hall–Kier alpha value is -1.87. The molecular weight excluding hydrogens is 302 g/mol. The number of esters is 1. The molecule has 0 aliphatic rings. The number of sulfonamides is 1. The predicted octanol–water partition coefficient (Wildman–Crippen LogP) is 1.55. The maximum absolute atomic E-state index is 12.3. The van der Waals surface area contributed by atoms with Crippen LogP contribution in [0.5, 0.6) is 0 Å². The van der Waals surface area contributed by atoms with Crippen molar-refractivity contribution < 1.29 is 17.9 Å². The molecule has 2 rings (SSSR count). The number of anilines is 1. The Morgan fingerprint density at radius 3 is 2.90 bits per heavy atom. The fraction of sp³-hybridized carbons (Fsp3) is 0.273. The van der Waals surface area contributed by atoms with Gasteiger partial charge in [0.1, 0.15) is 15.6 Å². The highest BCUT2D eigenvalue weighted by atomic mass is 32.2. The minimum Gasteiger partial charge on any atom is -0.465 e. The van der Waals surface area contributed by atoms with Gasteiger partial charge >= 0.3 is 5.97 Å². The van der Waals surface area contributed by atoms with E-state index in [4.69, 9.17) is 0 Å². The summed E-state index contributed by atoms with van der Waals surface area (Å²) >= 11 is 1.02. The highest BCUT2D eigenvalue weighted by Crippen LogP contribution is 2.25. The molecule has 9 heteroatoms. The van der Waals surface area contributed by atoms with Gasteiger partial charge in [0.15, 0.2) is 0 Å². The summed E-state index contributed by atoms with van der Waals surface area (Å²) in [6.45, 7) is 2.37. The Morgan fingerprint density at radius 1 is 1.50 bits per heavy atom. The van der Waals surface area contributed by atoms with Crippen LogP contribution < -0.4 is 4.72 Å². The third-order valence-electron chi connectivity index (χ3n) is 2.54. The average molecular weight is 315 g/mol. The lowest BCUT2D eigenvalue weighted by Crippen LogP contribution is -2.18. The van der Waals surface area contributed by atoms with Crippen LogP contribution in [0, 0.1) is 0 Å². The first-order valence-electron chi connectivity index (χ1n) is 5.70. The molecule has 2 aromatic heterocycles. The molecule has 2 heterocycles. The molecule has 108 valence electrons. The molecule has 7 nitrogen and oxygen atoms in total. The van der Waals surface area contributed by atoms with Crippen molar-refractivity contribution >= 4 is 33.1 Å². The molecule has 0 atom stereocenters. The third kappa shape index (κ3) is 2.68. The summed E-state index contributed by atoms with van der Waals surface area (Å²) in [5.74, 6) is -0.334. The van der Waals surface area contributed by atoms with E-state index in [1.54, 1.807) is 6.07 Å². The third-order valence-corrected chi connectivity index (χ3v) is 4.97. The van der Waals surface area contributed by atoms with E-state index in [9.17, 15) is 13.2 Å². The van der Waals surface area contributed by atoms with E-state index < -0.39 is 16.0 Å². The van der Waals surface area contributed by atoms with E-state index in [1.165, 1.54) is 29.4 Å². The summed E-state index contributed by atoms with van der Waals surface area (Å²) in [6, 6.07) is 2.91. The molecule has 0 amide bonds. The lowest BCUT2D eigenvalue weighted by atomic mass is 10.5. The van der Waals surface area contributed by atoms with Gasteiger partial charge in [0, 0.05) is 12.6 Å². The molecule has 1 N–H and O–H groups in total. The summed E-state index contributed by atoms with van der Waals surface area (Å²) in [4.78, 5) is 11.5. The van der Waals surface area contributed by atoms with Gasteiger partial charge in [-0.1, -0.05) is 0 Å². The number of nitrogens with zero attached hydrogens (tertiary/aromatic N) is 2. The topological polar surface area (TPSA) is 90.3 Å². The highest BCUT2D eigenvalue weighted by Gasteiger charge is 2.25. The van der Waals surface area contributed by atoms with E-state index >= 15 is 0 Å². The average Bonchev–Trinajstić information content (AvgIpc) is 3.05. The van der Waals surface area contributed by atoms with Crippen molar-refractivity contribution in [3.63, 3.8) is 0 Å². The molecule has 0 saturated carbocycles. The second kappa shape index (κ2) is 5.63. The second-order valence-electron chi connectivity index (χ2n) is 3.74. The molecule has 20 heavy (non-hydrogen) atoms. The molecular formula is C11H13N3O4S2. The standard InChI is InChI=1S/C11H13N3O4S2/c1-3-14-9(4-6-12-14)13-20(16,17)8-5-7-19-10(8)11(15)18-2/h4-7,13H,3H2,1-2H3. The minimum atomic E-state index is -3.86. The number of aromatic nitrogens is 2. The summed E-state index contributed by atoms with van der Waals surface area (Å²) in [6.07, 6.45) is 1.50. The zero-order chi connectivity index (χ0) is 14.8. The van der Waals surface area contributed by atoms with Crippen LogP contribution in [0.2, 0.25) is 0 Å². The molecule has 0 spiro atoms. The van der Waals surface area contributed by atoms with E-state index in [1.807, 2.05) is 6.92 Å². The smallest absolute Gasteiger partial charge is 0.349 e. The number of aryl methyl sites for hydroxylation is 1. The van der Waals surface area contributed by atoms with Crippen LogP contribution in [0.4, 0.5) is 5.82 Å². The zero-order valence-electron chi connectivity index (χ0n) is 10.9. The fourth-order valence-electron chi connectivity index (χ4n) is 1.61. The van der Waals surface area contributed by atoms with Gasteiger partial charge in [-0.05, 0) is 18.4 Å². The van der Waals surface area contributed by atoms with Crippen molar-refractivity contribution in [2.24, 2.45) is 0 Å². The summed E-state index contributed by atoms with van der Waals surface area (Å²) in [7, 11) is -2.65. The number of hydrogen-bond acceptors (Lipinski definition) is 6. The van der Waals surface area contributed by atoms with E-state index in [-0.39, 0.29) is 9.77 Å². The monoisotopic (exact) mass is 315 g/mol. The Bertz CT molecular complexity index is 718. The molecule has 0 aromatic carbocycles. The fourth-order valence-corrected chi connectivity index (χ4v) is 4.01. The Morgan fingerprint density at radius 2 is 2.25 bits per heavy atom. The van der Waals surface area contributed by atoms with Gasteiger partial charge in [-0.3, -0.25) is 4.72 Å². The van der Waals surface area contributed by atoms with Crippen molar-refractivity contribution in [1.29, 1.82) is 0 Å². The largest absolute Gasteiger partial charge is 0.465 e. The molecule has 0 bridgehead atoms. The van der Waals surface area contributed by atoms with Crippen LogP contribution in [-0.2, 0) is 21.3 Å². The molecule has 0 unspecified atom stereocenters. The first kappa shape index (κ1) is 14.5. The van der Waals surface area contributed by atoms with Crippen LogP contribution in [-0.4, -0.2) is 31.3 Å². The maximum atomic E-state index is 12.3. The van der Waals surface area contributed by atoms with Crippen LogP contribution in [0.15, 0.2) is 28.6 Å². The van der Waals surface area contributed by atoms with Crippen molar-refractivity contribution in [1.82, 2.24) is 9.78 Å². The normalized spacial score (nSPS) is 11.3. The number of thiophene rings is 1. The number of methoxy groups -OCH3 is 1. The van der Waals surface area contributed by atoms with Crippen molar-refractivity contribution in [3.8, 4) is 0 Å². The molecule has 0 aliphatic heterocycles. The molecule has 0 aliphatic carbocycles. The van der Waals surface area contributed by atoms with Gasteiger partial charge in [0.05, 0.1) is 13.3 Å². The number of ether oxygens (including phenoxy) is 1. The SMILES string of the molecule is CCn1nccc1NS(=O)(=O)c1ccsc1C(=O)OC. The van der Waals surface area contributed by atoms with E-state index in [0.29, 0.717) is 12.4 Å². The van der Waals surface area contributed by atoms with Crippen molar-refractivity contribution in [2.75, 3.05) is 11.8 Å². The number of hydrogen-bond donors (Lipinski definition) is 1. The van der Waals surface area contributed by atoms with Gasteiger partial charge in [-0.2, -0.15) is 5.10 Å². The van der Waals surface area contributed by atoms with Crippen LogP contribution >= 0.6 is 11.3 Å². The van der Waals surface area contributed by atoms with Crippen LogP contribution in [0.3, 0.4) is 0 Å². The predicted molar refractivity (Wildman–Crippen MR) is 74.4 cm³/mol. The van der Waals surface area contributed by atoms with Gasteiger partial charge in [-0.15, -0.1) is 11.3 Å². The number of nitrogens with one attached hydrogen (secondary N) is 1. The van der Waals surface area contributed by atoms with Crippen molar-refractivity contribution in [3.05, 3.63) is 28.6 Å². The van der Waals surface area contributed by atoms with E-state index in [0.717, 1.165) is 11.3 Å². The van der Waals surface area contributed by atoms with Gasteiger partial charge < -0.3 is 4.74 Å². The quantitative estimate of drug-likeness (QED) is 0.845. The first-order chi connectivity index (χ1) is 9.49. The highest BCUT2D eigenvalue weighted by molar-refractivity contribution is 7.93. The van der Waals surface area contributed by atoms with Gasteiger partial charge in [0.2, 0.25) is 0 Å². The molecule has 0 saturated heterocycles. The van der Waals surface area contributed by atoms with Gasteiger partial charge in [0.25, 0.3) is 10.0 Å². The minimum absolute atomic E-state index is 0.0440. The Kier molecular flexibility index (Phi) is 4.09. The Labute approximate surface area is 120 Å². The Balaban J connectivity index is 2.37. The van der Waals surface area contributed by atoms with Crippen molar-refractivity contribution in [2.45, 2.75) is 18.4 Å². The second-order valence-corrected chi connectivity index (χ2v) is 6.31. The summed E-state index contributed by atoms with van der Waals surface area (Å²) in [5.41, 5.74) is 0. The number of carbonyl (C=O) groups excluding carboxylic acids is 1. The number of rotatable bonds is 5. The summed E-state index contributed by atoms with van der Waals surface area (Å²) in [5, 5.41) is 5.50. The number of carbonyl (C=O) groups is 1. The zero-order valence-corrected chi connectivity index (χ0v) is 12.5. The molecule has 0 radical (unpaired) electrons. The van der Waals surface area contributed by atoms with Crippen LogP contribution in [0.1, 0.15) is 16.6 Å². The summed E-state index contributed by atoms with van der Waals surface area (Å²) < 4.78 is 33.1. The van der Waals surface area contributed by atoms with E-state index in [2.05, 4.69) is 14.6 Å². The first-order valence-corrected chi connectivity index (χ1v) is 8.06. The lowest BCUT2D eigenvalue weighted by molar-refractivity contribution is 0.0602. The van der Waals surface area contributed by atoms with Gasteiger partial charge in [-0.25, -0.2) is 17.9 Å².